The van der Waals surface area contributed by atoms with E-state index in [0.717, 1.165) is 34.2 Å². The average Bonchev–Trinajstić information content (AvgIpc) is 3.52. The number of carbonyl (C=O) groups excluding carboxylic acids is 1. The van der Waals surface area contributed by atoms with Gasteiger partial charge in [-0.15, -0.1) is 13.2 Å². The second-order valence-corrected chi connectivity index (χ2v) is 11.8. The third kappa shape index (κ3) is 5.44. The first-order chi connectivity index (χ1) is 17.2. The standard InChI is InChI=1S/C27H31N3O4S2/c1-5-13-29(14-6-2)36(32,33)23-11-9-21(10-12-23)26(31)30(18-22-8-7-15-34-22)27-28-25-20(4)16-19(3)17-24(25)35-27/h5-6,9-12,16-17,22H,1-2,7-8,13-15,18H2,3-4H3. The first-order valence-electron chi connectivity index (χ1n) is 11.9. The van der Waals surface area contributed by atoms with Crippen LogP contribution in [0.2, 0.25) is 0 Å². The molecule has 1 saturated heterocycles. The van der Waals surface area contributed by atoms with Crippen molar-refractivity contribution in [1.82, 2.24) is 9.29 Å². The maximum atomic E-state index is 13.7. The number of rotatable bonds is 10. The Hall–Kier alpha value is -2.85. The molecule has 7 nitrogen and oxygen atoms in total. The van der Waals surface area contributed by atoms with E-state index in [4.69, 9.17) is 9.72 Å². The zero-order chi connectivity index (χ0) is 25.9. The molecule has 0 saturated carbocycles. The van der Waals surface area contributed by atoms with Crippen molar-refractivity contribution in [3.05, 3.63) is 78.4 Å². The Morgan fingerprint density at radius 1 is 1.17 bits per heavy atom. The van der Waals surface area contributed by atoms with Crippen LogP contribution in [0, 0.1) is 13.8 Å². The van der Waals surface area contributed by atoms with Crippen molar-refractivity contribution < 1.29 is 17.9 Å². The second kappa shape index (κ2) is 11.0. The fourth-order valence-electron chi connectivity index (χ4n) is 4.35. The molecule has 0 spiro atoms. The number of carbonyl (C=O) groups is 1. The van der Waals surface area contributed by atoms with Crippen LogP contribution in [-0.2, 0) is 14.8 Å². The van der Waals surface area contributed by atoms with Gasteiger partial charge in [0.1, 0.15) is 0 Å². The fraction of sp³-hybridized carbons (Fsp3) is 0.333. The highest BCUT2D eigenvalue weighted by Crippen LogP contribution is 2.33. The number of amides is 1. The van der Waals surface area contributed by atoms with Crippen molar-refractivity contribution in [2.24, 2.45) is 0 Å². The highest BCUT2D eigenvalue weighted by molar-refractivity contribution is 7.89. The Balaban J connectivity index is 1.67. The van der Waals surface area contributed by atoms with Crippen molar-refractivity contribution in [3.8, 4) is 0 Å². The molecule has 1 aromatic heterocycles. The van der Waals surface area contributed by atoms with Crippen molar-refractivity contribution in [2.45, 2.75) is 37.7 Å². The van der Waals surface area contributed by atoms with Crippen LogP contribution in [0.1, 0.15) is 34.3 Å². The molecule has 3 aromatic rings. The van der Waals surface area contributed by atoms with E-state index >= 15 is 0 Å². The molecule has 1 fully saturated rings. The van der Waals surface area contributed by atoms with Crippen LogP contribution in [-0.4, -0.2) is 56.0 Å². The number of fused-ring (bicyclic) bond motifs is 1. The van der Waals surface area contributed by atoms with Gasteiger partial charge in [0.15, 0.2) is 5.13 Å². The van der Waals surface area contributed by atoms with E-state index in [0.29, 0.717) is 23.8 Å². The van der Waals surface area contributed by atoms with E-state index < -0.39 is 10.0 Å². The average molecular weight is 526 g/mol. The topological polar surface area (TPSA) is 79.8 Å². The fourth-order valence-corrected chi connectivity index (χ4v) is 6.88. The normalized spacial score (nSPS) is 15.9. The van der Waals surface area contributed by atoms with Crippen LogP contribution in [0.15, 0.2) is 66.6 Å². The lowest BCUT2D eigenvalue weighted by Gasteiger charge is -2.23. The van der Waals surface area contributed by atoms with Gasteiger partial charge >= 0.3 is 0 Å². The molecule has 4 rings (SSSR count). The summed E-state index contributed by atoms with van der Waals surface area (Å²) in [5.74, 6) is -0.239. The van der Waals surface area contributed by atoms with Crippen LogP contribution in [0.25, 0.3) is 10.2 Å². The van der Waals surface area contributed by atoms with Crippen LogP contribution in [0.5, 0.6) is 0 Å². The van der Waals surface area contributed by atoms with Gasteiger partial charge in [-0.25, -0.2) is 13.4 Å². The van der Waals surface area contributed by atoms with Crippen molar-refractivity contribution in [3.63, 3.8) is 0 Å². The third-order valence-electron chi connectivity index (χ3n) is 6.11. The van der Waals surface area contributed by atoms with Gasteiger partial charge in [0.2, 0.25) is 10.0 Å². The zero-order valence-corrected chi connectivity index (χ0v) is 22.3. The number of hydrogen-bond acceptors (Lipinski definition) is 6. The van der Waals surface area contributed by atoms with Gasteiger partial charge in [-0.2, -0.15) is 4.31 Å². The van der Waals surface area contributed by atoms with Gasteiger partial charge in [-0.1, -0.05) is 29.6 Å². The number of thiazole rings is 1. The molecule has 0 radical (unpaired) electrons. The van der Waals surface area contributed by atoms with Crippen molar-refractivity contribution in [2.75, 3.05) is 31.1 Å². The molecule has 0 aliphatic carbocycles. The summed E-state index contributed by atoms with van der Waals surface area (Å²) in [6.07, 6.45) is 4.84. The van der Waals surface area contributed by atoms with E-state index in [-0.39, 0.29) is 30.0 Å². The lowest BCUT2D eigenvalue weighted by atomic mass is 10.1. The minimum absolute atomic E-state index is 0.0604. The van der Waals surface area contributed by atoms with E-state index in [1.807, 2.05) is 13.8 Å². The Bertz CT molecular complexity index is 1360. The van der Waals surface area contributed by atoms with Crippen LogP contribution < -0.4 is 4.90 Å². The summed E-state index contributed by atoms with van der Waals surface area (Å²) in [6.45, 7) is 12.7. The Morgan fingerprint density at radius 2 is 1.86 bits per heavy atom. The summed E-state index contributed by atoms with van der Waals surface area (Å²) in [5.41, 5.74) is 3.48. The van der Waals surface area contributed by atoms with Gasteiger partial charge in [0.05, 0.1) is 27.8 Å². The molecule has 1 aliphatic heterocycles. The Morgan fingerprint density at radius 3 is 2.47 bits per heavy atom. The molecule has 1 unspecified atom stereocenters. The quantitative estimate of drug-likeness (QED) is 0.344. The predicted molar refractivity (Wildman–Crippen MR) is 145 cm³/mol. The molecular formula is C27H31N3O4S2. The summed E-state index contributed by atoms with van der Waals surface area (Å²) in [6, 6.07) is 10.2. The molecule has 190 valence electrons. The number of nitrogens with zero attached hydrogens (tertiary/aromatic N) is 3. The smallest absolute Gasteiger partial charge is 0.260 e. The van der Waals surface area contributed by atoms with Crippen molar-refractivity contribution in [1.29, 1.82) is 0 Å². The third-order valence-corrected chi connectivity index (χ3v) is 8.98. The van der Waals surface area contributed by atoms with Gasteiger partial charge in [-0.3, -0.25) is 9.69 Å². The number of sulfonamides is 1. The lowest BCUT2D eigenvalue weighted by molar-refractivity contribution is 0.0917. The largest absolute Gasteiger partial charge is 0.376 e. The number of anilines is 1. The number of aromatic nitrogens is 1. The molecule has 36 heavy (non-hydrogen) atoms. The minimum atomic E-state index is -3.75. The molecular weight excluding hydrogens is 494 g/mol. The minimum Gasteiger partial charge on any atom is -0.376 e. The van der Waals surface area contributed by atoms with Gasteiger partial charge < -0.3 is 4.74 Å². The maximum absolute atomic E-state index is 13.7. The molecule has 2 heterocycles. The zero-order valence-electron chi connectivity index (χ0n) is 20.6. The summed E-state index contributed by atoms with van der Waals surface area (Å²) in [5, 5.41) is 0.610. The molecule has 0 bridgehead atoms. The van der Waals surface area contributed by atoms with Crippen molar-refractivity contribution >= 4 is 42.6 Å². The first-order valence-corrected chi connectivity index (χ1v) is 14.1. The molecule has 1 amide bonds. The second-order valence-electron chi connectivity index (χ2n) is 8.90. The monoisotopic (exact) mass is 525 g/mol. The SMILES string of the molecule is C=CCN(CC=C)S(=O)(=O)c1ccc(C(=O)N(CC2CCCO2)c2nc3c(C)cc(C)cc3s2)cc1. The van der Waals surface area contributed by atoms with Gasteiger partial charge in [0.25, 0.3) is 5.91 Å². The summed E-state index contributed by atoms with van der Waals surface area (Å²) in [7, 11) is -3.75. The molecule has 2 aromatic carbocycles. The molecule has 0 N–H and O–H groups in total. The lowest BCUT2D eigenvalue weighted by Crippen LogP contribution is -2.37. The number of ether oxygens (including phenoxy) is 1. The van der Waals surface area contributed by atoms with Gasteiger partial charge in [-0.05, 0) is 68.1 Å². The first kappa shape index (κ1) is 26.2. The highest BCUT2D eigenvalue weighted by atomic mass is 32.2. The van der Waals surface area contributed by atoms with Crippen LogP contribution in [0.3, 0.4) is 0 Å². The van der Waals surface area contributed by atoms with E-state index in [9.17, 15) is 13.2 Å². The number of benzene rings is 2. The van der Waals surface area contributed by atoms with E-state index in [1.165, 1.54) is 39.9 Å². The maximum Gasteiger partial charge on any atom is 0.260 e. The van der Waals surface area contributed by atoms with Gasteiger partial charge in [0, 0.05) is 25.3 Å². The summed E-state index contributed by atoms with van der Waals surface area (Å²) >= 11 is 1.48. The Kier molecular flexibility index (Phi) is 8.04. The van der Waals surface area contributed by atoms with Crippen LogP contribution >= 0.6 is 11.3 Å². The van der Waals surface area contributed by atoms with E-state index in [2.05, 4.69) is 25.3 Å². The molecule has 1 atom stereocenters. The Labute approximate surface area is 216 Å². The summed E-state index contributed by atoms with van der Waals surface area (Å²) < 4.78 is 34.2. The van der Waals surface area contributed by atoms with E-state index in [1.54, 1.807) is 17.0 Å². The predicted octanol–water partition coefficient (Wildman–Crippen LogP) is 5.10. The van der Waals surface area contributed by atoms with Crippen LogP contribution in [0.4, 0.5) is 5.13 Å². The molecule has 9 heteroatoms. The molecule has 1 aliphatic rings. The number of hydrogen-bond donors (Lipinski definition) is 0. The number of aryl methyl sites for hydroxylation is 2. The highest BCUT2D eigenvalue weighted by Gasteiger charge is 2.28. The summed E-state index contributed by atoms with van der Waals surface area (Å²) in [4.78, 5) is 20.3.